The van der Waals surface area contributed by atoms with E-state index in [9.17, 15) is 0 Å². The van der Waals surface area contributed by atoms with Crippen molar-refractivity contribution in [2.24, 2.45) is 35.5 Å². The third-order valence-corrected chi connectivity index (χ3v) is 5.75. The lowest BCUT2D eigenvalue weighted by molar-refractivity contribution is -0.204. The smallest absolute Gasteiger partial charge is 0.0879 e. The molecule has 0 bridgehead atoms. The van der Waals surface area contributed by atoms with E-state index in [-0.39, 0.29) is 0 Å². The Labute approximate surface area is 70.2 Å². The molecule has 0 aromatic rings. The summed E-state index contributed by atoms with van der Waals surface area (Å²) in [4.78, 5) is 0. The largest absolute Gasteiger partial charge is 0.369 e. The third-order valence-electron chi connectivity index (χ3n) is 5.75. The standard InChI is InChI=1S/C10H10O2/c11-7-3-1-2-5(3)9-10(12-9)6(2)4(1)8(7)11/h1-10H/t1?,2?,3-,4+,5+,6-,7-,8-,9-,10-/m1/s1. The molecule has 0 spiro atoms. The van der Waals surface area contributed by atoms with Crippen molar-refractivity contribution in [2.45, 2.75) is 24.4 Å². The highest BCUT2D eigenvalue weighted by atomic mass is 16.6. The van der Waals surface area contributed by atoms with Crippen molar-refractivity contribution in [1.82, 2.24) is 0 Å². The summed E-state index contributed by atoms with van der Waals surface area (Å²) < 4.78 is 11.5. The van der Waals surface area contributed by atoms with Gasteiger partial charge in [-0.2, -0.15) is 0 Å². The van der Waals surface area contributed by atoms with Gasteiger partial charge in [0.05, 0.1) is 24.4 Å². The summed E-state index contributed by atoms with van der Waals surface area (Å²) in [5.41, 5.74) is 0. The molecule has 12 heavy (non-hydrogen) atoms. The lowest BCUT2D eigenvalue weighted by Crippen LogP contribution is -2.62. The first-order valence-corrected chi connectivity index (χ1v) is 5.28. The molecule has 2 unspecified atom stereocenters. The van der Waals surface area contributed by atoms with Crippen molar-refractivity contribution < 1.29 is 9.47 Å². The first-order chi connectivity index (χ1) is 5.97. The zero-order valence-corrected chi connectivity index (χ0v) is 6.59. The highest BCUT2D eigenvalue weighted by Crippen LogP contribution is 2.84. The Morgan fingerprint density at radius 1 is 0.417 bits per heavy atom. The summed E-state index contributed by atoms with van der Waals surface area (Å²) >= 11 is 0. The predicted molar refractivity (Wildman–Crippen MR) is 38.3 cm³/mol. The van der Waals surface area contributed by atoms with Crippen LogP contribution in [0.1, 0.15) is 0 Å². The van der Waals surface area contributed by atoms with Gasteiger partial charge in [0.1, 0.15) is 0 Å². The summed E-state index contributed by atoms with van der Waals surface area (Å²) in [6.45, 7) is 0. The van der Waals surface area contributed by atoms with Gasteiger partial charge in [-0.25, -0.2) is 0 Å². The summed E-state index contributed by atoms with van der Waals surface area (Å²) in [6, 6.07) is 0. The minimum absolute atomic E-state index is 0.705. The molecular formula is C10H10O2. The number of fused-ring (bicyclic) bond motifs is 8. The topological polar surface area (TPSA) is 25.1 Å². The van der Waals surface area contributed by atoms with Crippen molar-refractivity contribution in [1.29, 1.82) is 0 Å². The number of ether oxygens (including phenoxy) is 2. The molecule has 2 heterocycles. The van der Waals surface area contributed by atoms with Gasteiger partial charge in [-0.1, -0.05) is 0 Å². The Balaban J connectivity index is 1.67. The lowest BCUT2D eigenvalue weighted by Gasteiger charge is -2.61. The van der Waals surface area contributed by atoms with Crippen LogP contribution in [0, 0.1) is 35.5 Å². The maximum absolute atomic E-state index is 5.73. The van der Waals surface area contributed by atoms with Gasteiger partial charge in [0.25, 0.3) is 0 Å². The van der Waals surface area contributed by atoms with Crippen LogP contribution < -0.4 is 0 Å². The van der Waals surface area contributed by atoms with E-state index in [0.717, 1.165) is 35.5 Å². The Hall–Kier alpha value is -0.0800. The monoisotopic (exact) mass is 162 g/mol. The Kier molecular flexibility index (Phi) is 0.436. The molecule has 0 aromatic heterocycles. The van der Waals surface area contributed by atoms with E-state index in [2.05, 4.69) is 0 Å². The van der Waals surface area contributed by atoms with E-state index in [1.54, 1.807) is 0 Å². The van der Waals surface area contributed by atoms with Crippen LogP contribution in [0.5, 0.6) is 0 Å². The summed E-state index contributed by atoms with van der Waals surface area (Å²) in [6.07, 6.45) is 2.82. The summed E-state index contributed by atoms with van der Waals surface area (Å²) in [5, 5.41) is 0. The summed E-state index contributed by atoms with van der Waals surface area (Å²) in [7, 11) is 0. The van der Waals surface area contributed by atoms with Crippen molar-refractivity contribution in [3.63, 3.8) is 0 Å². The molecule has 0 radical (unpaired) electrons. The van der Waals surface area contributed by atoms with Gasteiger partial charge < -0.3 is 9.47 Å². The molecule has 4 saturated carbocycles. The third kappa shape index (κ3) is 0.252. The van der Waals surface area contributed by atoms with Gasteiger partial charge in [0.15, 0.2) is 0 Å². The fourth-order valence-corrected chi connectivity index (χ4v) is 5.54. The van der Waals surface area contributed by atoms with E-state index >= 15 is 0 Å². The minimum Gasteiger partial charge on any atom is -0.369 e. The quantitative estimate of drug-likeness (QED) is 0.377. The first kappa shape index (κ1) is 4.97. The molecule has 0 aromatic carbocycles. The molecule has 10 atom stereocenters. The lowest BCUT2D eigenvalue weighted by atomic mass is 9.44. The summed E-state index contributed by atoms with van der Waals surface area (Å²) in [5.74, 6) is 6.05. The maximum Gasteiger partial charge on any atom is 0.0879 e. The molecule has 4 aliphatic carbocycles. The fourth-order valence-electron chi connectivity index (χ4n) is 5.54. The van der Waals surface area contributed by atoms with E-state index in [1.807, 2.05) is 0 Å². The van der Waals surface area contributed by atoms with E-state index in [1.165, 1.54) is 0 Å². The van der Waals surface area contributed by atoms with E-state index in [4.69, 9.17) is 9.47 Å². The van der Waals surface area contributed by atoms with Crippen molar-refractivity contribution in [3.05, 3.63) is 0 Å². The molecule has 2 aliphatic heterocycles. The zero-order chi connectivity index (χ0) is 7.19. The molecule has 6 rings (SSSR count). The molecule has 0 N–H and O–H groups in total. The van der Waals surface area contributed by atoms with Crippen molar-refractivity contribution in [2.75, 3.05) is 0 Å². The molecule has 6 fully saturated rings. The average Bonchev–Trinajstić information content (AvgIpc) is 2.73. The van der Waals surface area contributed by atoms with Gasteiger partial charge in [-0.15, -0.1) is 0 Å². The van der Waals surface area contributed by atoms with Gasteiger partial charge in [-0.05, 0) is 35.5 Å². The molecule has 2 saturated heterocycles. The Morgan fingerprint density at radius 2 is 0.750 bits per heavy atom. The van der Waals surface area contributed by atoms with Crippen molar-refractivity contribution in [3.8, 4) is 0 Å². The Morgan fingerprint density at radius 3 is 1.08 bits per heavy atom. The van der Waals surface area contributed by atoms with Gasteiger partial charge in [0, 0.05) is 0 Å². The van der Waals surface area contributed by atoms with E-state index < -0.39 is 0 Å². The van der Waals surface area contributed by atoms with Crippen LogP contribution in [0.4, 0.5) is 0 Å². The molecule has 0 amide bonds. The molecule has 6 aliphatic rings. The molecule has 2 nitrogen and oxygen atoms in total. The molecular weight excluding hydrogens is 152 g/mol. The second-order valence-corrected chi connectivity index (χ2v) is 5.59. The SMILES string of the molecule is O1[C@H]2[C@H]1[C@@H]1C3C4[C@@H]1[C@H]1O[C@@H]1[C@H]4[C@H]32. The van der Waals surface area contributed by atoms with Gasteiger partial charge in [0.2, 0.25) is 0 Å². The van der Waals surface area contributed by atoms with E-state index in [0.29, 0.717) is 24.4 Å². The number of rotatable bonds is 0. The normalized spacial score (nSPS) is 94.0. The minimum atomic E-state index is 0.705. The Bertz CT molecular complexity index is 268. The predicted octanol–water partition coefficient (Wildman–Crippen LogP) is 0.273. The van der Waals surface area contributed by atoms with Crippen LogP contribution in [0.15, 0.2) is 0 Å². The van der Waals surface area contributed by atoms with Crippen LogP contribution >= 0.6 is 0 Å². The number of hydrogen-bond donors (Lipinski definition) is 0. The zero-order valence-electron chi connectivity index (χ0n) is 6.59. The van der Waals surface area contributed by atoms with Crippen LogP contribution in [-0.2, 0) is 9.47 Å². The van der Waals surface area contributed by atoms with Crippen LogP contribution in [0.2, 0.25) is 0 Å². The average molecular weight is 162 g/mol. The van der Waals surface area contributed by atoms with Gasteiger partial charge >= 0.3 is 0 Å². The number of hydrogen-bond acceptors (Lipinski definition) is 2. The van der Waals surface area contributed by atoms with Crippen LogP contribution in [0.25, 0.3) is 0 Å². The highest BCUT2D eigenvalue weighted by molar-refractivity contribution is 5.36. The van der Waals surface area contributed by atoms with Crippen molar-refractivity contribution >= 4 is 0 Å². The van der Waals surface area contributed by atoms with Gasteiger partial charge in [-0.3, -0.25) is 0 Å². The molecule has 62 valence electrons. The first-order valence-electron chi connectivity index (χ1n) is 5.28. The fraction of sp³-hybridized carbons (Fsp3) is 1.00. The van der Waals surface area contributed by atoms with Crippen LogP contribution in [0.3, 0.4) is 0 Å². The second-order valence-electron chi connectivity index (χ2n) is 5.59. The maximum atomic E-state index is 5.73. The number of epoxide rings is 2. The molecule has 2 heteroatoms. The highest BCUT2D eigenvalue weighted by Gasteiger charge is 2.89. The second kappa shape index (κ2) is 1.05. The van der Waals surface area contributed by atoms with Crippen LogP contribution in [-0.4, -0.2) is 24.4 Å².